The maximum absolute atomic E-state index is 11.4. The minimum atomic E-state index is -1.23. The van der Waals surface area contributed by atoms with E-state index >= 15 is 0 Å². The van der Waals surface area contributed by atoms with Gasteiger partial charge in [0.1, 0.15) is 18.8 Å². The van der Waals surface area contributed by atoms with E-state index in [0.29, 0.717) is 59.9 Å². The Kier molecular flexibility index (Phi) is 12.1. The zero-order valence-electron chi connectivity index (χ0n) is 30.0. The molecule has 4 atom stereocenters. The smallest absolute Gasteiger partial charge is 0.184 e. The second-order valence-electron chi connectivity index (χ2n) is 12.8. The Bertz CT molecular complexity index is 1760. The van der Waals surface area contributed by atoms with Crippen LogP contribution in [-0.2, 0) is 25.6 Å². The fourth-order valence-corrected chi connectivity index (χ4v) is 6.07. The Morgan fingerprint density at radius 2 is 1.38 bits per heavy atom. The summed E-state index contributed by atoms with van der Waals surface area (Å²) in [5.41, 5.74) is 3.06. The standard InChI is InChI=1S/C40H46O12/c1-40(2)49-24-36(38(52-40)27-12-14-29(32(20-27)43-3)48-23-25-9-7-6-8-10-25)51-31-15-11-26(19-33(31)44-4)37(42)35(22-41)50-30-16-13-28(21-34(30)45-5)39-46-17-18-47-39/h6-16,19-21,35-39,41-42H,17-18,22-24H2,1-5H3/t35-,36-,37+,38+/m1/s1. The first-order chi connectivity index (χ1) is 25.2. The van der Waals surface area contributed by atoms with Gasteiger partial charge in [-0.2, -0.15) is 0 Å². The molecule has 12 nitrogen and oxygen atoms in total. The maximum atomic E-state index is 11.4. The summed E-state index contributed by atoms with van der Waals surface area (Å²) in [5, 5.41) is 21.6. The first kappa shape index (κ1) is 37.2. The molecule has 278 valence electrons. The molecule has 0 bridgehead atoms. The lowest BCUT2D eigenvalue weighted by atomic mass is 10.0. The van der Waals surface area contributed by atoms with Crippen LogP contribution in [0, 0.1) is 0 Å². The van der Waals surface area contributed by atoms with E-state index in [-0.39, 0.29) is 6.61 Å². The molecule has 0 aromatic heterocycles. The van der Waals surface area contributed by atoms with Crippen LogP contribution in [0.2, 0.25) is 0 Å². The van der Waals surface area contributed by atoms with Crippen LogP contribution in [0.25, 0.3) is 0 Å². The van der Waals surface area contributed by atoms with Crippen LogP contribution in [-0.4, -0.2) is 76.0 Å². The molecule has 0 unspecified atom stereocenters. The molecule has 2 saturated heterocycles. The highest BCUT2D eigenvalue weighted by atomic mass is 16.7. The summed E-state index contributed by atoms with van der Waals surface area (Å²) in [6.45, 7) is 4.86. The summed E-state index contributed by atoms with van der Waals surface area (Å²) in [4.78, 5) is 0. The molecule has 2 N–H and O–H groups in total. The number of hydrogen-bond acceptors (Lipinski definition) is 12. The van der Waals surface area contributed by atoms with E-state index in [9.17, 15) is 10.2 Å². The van der Waals surface area contributed by atoms with Gasteiger partial charge in [-0.3, -0.25) is 0 Å². The zero-order valence-corrected chi connectivity index (χ0v) is 30.0. The number of rotatable bonds is 15. The number of benzene rings is 4. The minimum Gasteiger partial charge on any atom is -0.493 e. The van der Waals surface area contributed by atoms with Gasteiger partial charge in [-0.15, -0.1) is 0 Å². The highest BCUT2D eigenvalue weighted by Crippen LogP contribution is 2.41. The first-order valence-electron chi connectivity index (χ1n) is 17.1. The monoisotopic (exact) mass is 718 g/mol. The van der Waals surface area contributed by atoms with Crippen molar-refractivity contribution >= 4 is 0 Å². The molecule has 0 saturated carbocycles. The Hall–Kier alpha value is -4.56. The molecular weight excluding hydrogens is 672 g/mol. The number of aliphatic hydroxyl groups excluding tert-OH is 2. The Labute approximate surface area is 303 Å². The van der Waals surface area contributed by atoms with Gasteiger partial charge in [0.25, 0.3) is 0 Å². The van der Waals surface area contributed by atoms with Crippen LogP contribution < -0.4 is 28.4 Å². The van der Waals surface area contributed by atoms with Crippen molar-refractivity contribution in [2.75, 3.05) is 47.8 Å². The topological polar surface area (TPSA) is 133 Å². The predicted molar refractivity (Wildman–Crippen MR) is 189 cm³/mol. The predicted octanol–water partition coefficient (Wildman–Crippen LogP) is 6.08. The molecule has 2 aliphatic heterocycles. The second kappa shape index (κ2) is 16.8. The lowest BCUT2D eigenvalue weighted by molar-refractivity contribution is -0.302. The molecule has 2 heterocycles. The molecular formula is C40H46O12. The third kappa shape index (κ3) is 8.72. The SMILES string of the molecule is COc1cc([C@@H]2OC(C)(C)OC[C@H]2Oc2ccc([C@H](O)[C@@H](CO)Oc3ccc(C4OCCO4)cc3OC)cc2OC)ccc1OCc1ccccc1. The summed E-state index contributed by atoms with van der Waals surface area (Å²) >= 11 is 0. The summed E-state index contributed by atoms with van der Waals surface area (Å²) in [5.74, 6) is 1.80. The molecule has 0 spiro atoms. The van der Waals surface area contributed by atoms with Crippen LogP contribution in [0.4, 0.5) is 0 Å². The first-order valence-corrected chi connectivity index (χ1v) is 17.1. The Balaban J connectivity index is 1.18. The molecule has 2 fully saturated rings. The van der Waals surface area contributed by atoms with E-state index in [4.69, 9.17) is 47.4 Å². The van der Waals surface area contributed by atoms with Gasteiger partial charge in [0.2, 0.25) is 0 Å². The molecule has 0 aliphatic carbocycles. The molecule has 4 aromatic carbocycles. The average molecular weight is 719 g/mol. The van der Waals surface area contributed by atoms with Crippen LogP contribution in [0.5, 0.6) is 34.5 Å². The molecule has 6 rings (SSSR count). The molecule has 4 aromatic rings. The number of methoxy groups -OCH3 is 3. The van der Waals surface area contributed by atoms with Crippen molar-refractivity contribution in [1.29, 1.82) is 0 Å². The van der Waals surface area contributed by atoms with Gasteiger partial charge < -0.3 is 57.6 Å². The largest absolute Gasteiger partial charge is 0.493 e. The van der Waals surface area contributed by atoms with Gasteiger partial charge in [-0.1, -0.05) is 48.5 Å². The van der Waals surface area contributed by atoms with Crippen LogP contribution in [0.15, 0.2) is 84.9 Å². The van der Waals surface area contributed by atoms with Crippen molar-refractivity contribution in [3.8, 4) is 34.5 Å². The van der Waals surface area contributed by atoms with Crippen molar-refractivity contribution < 1.29 is 57.6 Å². The Morgan fingerprint density at radius 3 is 2.10 bits per heavy atom. The second-order valence-corrected chi connectivity index (χ2v) is 12.8. The van der Waals surface area contributed by atoms with E-state index in [0.717, 1.165) is 16.7 Å². The molecule has 0 radical (unpaired) electrons. The lowest BCUT2D eigenvalue weighted by Gasteiger charge is -2.41. The third-order valence-corrected chi connectivity index (χ3v) is 8.80. The molecule has 52 heavy (non-hydrogen) atoms. The van der Waals surface area contributed by atoms with Gasteiger partial charge in [-0.25, -0.2) is 0 Å². The van der Waals surface area contributed by atoms with E-state index in [1.807, 2.05) is 62.4 Å². The van der Waals surface area contributed by atoms with Gasteiger partial charge in [0.05, 0.1) is 47.8 Å². The lowest BCUT2D eigenvalue weighted by Crippen LogP contribution is -2.46. The van der Waals surface area contributed by atoms with Crippen molar-refractivity contribution in [3.05, 3.63) is 107 Å². The fraction of sp³-hybridized carbons (Fsp3) is 0.400. The summed E-state index contributed by atoms with van der Waals surface area (Å²) in [6.07, 6.45) is -3.88. The number of ether oxygens (including phenoxy) is 10. The molecule has 12 heteroatoms. The van der Waals surface area contributed by atoms with Crippen LogP contribution in [0.1, 0.15) is 54.6 Å². The minimum absolute atomic E-state index is 0.222. The Morgan fingerprint density at radius 1 is 0.750 bits per heavy atom. The van der Waals surface area contributed by atoms with Crippen molar-refractivity contribution in [2.45, 2.75) is 56.9 Å². The van der Waals surface area contributed by atoms with E-state index in [1.54, 1.807) is 43.5 Å². The van der Waals surface area contributed by atoms with Crippen LogP contribution in [0.3, 0.4) is 0 Å². The molecule has 2 aliphatic rings. The van der Waals surface area contributed by atoms with Crippen molar-refractivity contribution in [3.63, 3.8) is 0 Å². The fourth-order valence-electron chi connectivity index (χ4n) is 6.07. The van der Waals surface area contributed by atoms with E-state index in [1.165, 1.54) is 14.2 Å². The van der Waals surface area contributed by atoms with Gasteiger partial charge >= 0.3 is 0 Å². The average Bonchev–Trinajstić information content (AvgIpc) is 3.72. The van der Waals surface area contributed by atoms with Crippen molar-refractivity contribution in [2.24, 2.45) is 0 Å². The number of hydrogen-bond donors (Lipinski definition) is 2. The molecule has 0 amide bonds. The van der Waals surface area contributed by atoms with Gasteiger partial charge in [-0.05, 0) is 66.9 Å². The number of aliphatic hydroxyl groups is 2. The van der Waals surface area contributed by atoms with Gasteiger partial charge in [0, 0.05) is 5.56 Å². The quantitative estimate of drug-likeness (QED) is 0.148. The summed E-state index contributed by atoms with van der Waals surface area (Å²) in [7, 11) is 4.62. The van der Waals surface area contributed by atoms with E-state index < -0.39 is 43.1 Å². The highest BCUT2D eigenvalue weighted by molar-refractivity contribution is 5.47. The van der Waals surface area contributed by atoms with Crippen molar-refractivity contribution in [1.82, 2.24) is 0 Å². The van der Waals surface area contributed by atoms with E-state index in [2.05, 4.69) is 0 Å². The van der Waals surface area contributed by atoms with Gasteiger partial charge in [0.15, 0.2) is 58.8 Å². The third-order valence-electron chi connectivity index (χ3n) is 8.80. The highest BCUT2D eigenvalue weighted by Gasteiger charge is 2.40. The van der Waals surface area contributed by atoms with Crippen LogP contribution >= 0.6 is 0 Å². The summed E-state index contributed by atoms with van der Waals surface area (Å²) in [6, 6.07) is 25.8. The zero-order chi connectivity index (χ0) is 36.7. The maximum Gasteiger partial charge on any atom is 0.184 e. The summed E-state index contributed by atoms with van der Waals surface area (Å²) < 4.78 is 59.2. The normalized spacial score (nSPS) is 19.8.